The molecule has 0 fully saturated rings. The molecule has 0 aromatic rings. The fourth-order valence-electron chi connectivity index (χ4n) is 13.6. The van der Waals surface area contributed by atoms with Gasteiger partial charge in [0.2, 0.25) is 0 Å². The third-order valence-corrected chi connectivity index (χ3v) is 22.4. The second kappa shape index (κ2) is 79.7. The van der Waals surface area contributed by atoms with Crippen molar-refractivity contribution in [1.82, 2.24) is 0 Å². The molecule has 0 saturated carbocycles. The third-order valence-electron chi connectivity index (χ3n) is 20.5. The maximum atomic E-state index is 13.2. The van der Waals surface area contributed by atoms with Crippen molar-refractivity contribution in [3.05, 3.63) is 0 Å². The molecule has 0 rings (SSSR count). The Kier molecular flexibility index (Phi) is 78.2. The summed E-state index contributed by atoms with van der Waals surface area (Å²) in [5.41, 5.74) is 0. The second-order valence-electron chi connectivity index (χ2n) is 31.8. The molecule has 0 amide bonds. The average molecular weight is 1550 g/mol. The van der Waals surface area contributed by atoms with E-state index in [2.05, 4.69) is 34.6 Å². The van der Waals surface area contributed by atoms with E-state index in [0.29, 0.717) is 25.7 Å². The molecule has 0 aliphatic carbocycles. The van der Waals surface area contributed by atoms with Crippen LogP contribution in [0.4, 0.5) is 0 Å². The van der Waals surface area contributed by atoms with E-state index in [1.165, 1.54) is 295 Å². The molecule has 3 N–H and O–H groups in total. The fraction of sp³-hybridized carbons (Fsp3) is 0.954. The Labute approximate surface area is 651 Å². The first-order valence-corrected chi connectivity index (χ1v) is 48.1. The third kappa shape index (κ3) is 80.1. The molecular formula is C87H170O17P2. The van der Waals surface area contributed by atoms with Gasteiger partial charge in [-0.1, -0.05) is 420 Å². The Hall–Kier alpha value is -1.94. The van der Waals surface area contributed by atoms with Crippen LogP contribution in [0.3, 0.4) is 0 Å². The van der Waals surface area contributed by atoms with Gasteiger partial charge in [0.1, 0.15) is 19.3 Å². The summed E-state index contributed by atoms with van der Waals surface area (Å²) in [6.45, 7) is 7.39. The quantitative estimate of drug-likeness (QED) is 0.0222. The predicted octanol–water partition coefficient (Wildman–Crippen LogP) is 26.8. The number of aliphatic hydroxyl groups is 1. The number of esters is 4. The van der Waals surface area contributed by atoms with Crippen molar-refractivity contribution in [3.63, 3.8) is 0 Å². The van der Waals surface area contributed by atoms with E-state index in [-0.39, 0.29) is 25.7 Å². The summed E-state index contributed by atoms with van der Waals surface area (Å²) in [6, 6.07) is 0. The first-order valence-electron chi connectivity index (χ1n) is 45.1. The maximum Gasteiger partial charge on any atom is 0.472 e. The Morgan fingerprint density at radius 3 is 0.642 bits per heavy atom. The standard InChI is InChI=1S/C87H170O17P2/c1-6-9-12-15-18-21-24-26-28-30-32-34-36-41-46-51-56-61-66-71-85(90)98-77-83(104-86(91)72-67-62-57-52-47-42-37-35-33-31-29-27-25-22-19-16-13-10-7-2)79-102-106(95,96)100-75-81(88)74-99-105(93,94)101-78-82(76-97-84(89)70-65-60-55-50-44-23-20-17-14-11-8-3)103-87(92)73-68-63-58-53-48-43-39-38-40-45-49-54-59-64-69-80(4)5/h80-83,88H,6-79H2,1-5H3,(H,93,94)(H,95,96)/t81-,82+,83+/m0/s1. The van der Waals surface area contributed by atoms with Gasteiger partial charge in [-0.3, -0.25) is 37.3 Å². The van der Waals surface area contributed by atoms with Crippen molar-refractivity contribution in [2.45, 2.75) is 490 Å². The van der Waals surface area contributed by atoms with E-state index < -0.39 is 97.5 Å². The minimum absolute atomic E-state index is 0.108. The highest BCUT2D eigenvalue weighted by Gasteiger charge is 2.30. The number of aliphatic hydroxyl groups excluding tert-OH is 1. The van der Waals surface area contributed by atoms with Crippen molar-refractivity contribution in [2.24, 2.45) is 5.92 Å². The molecule has 0 saturated heterocycles. The van der Waals surface area contributed by atoms with Crippen LogP contribution in [0, 0.1) is 5.92 Å². The number of carbonyl (C=O) groups excluding carboxylic acids is 4. The minimum Gasteiger partial charge on any atom is -0.462 e. The van der Waals surface area contributed by atoms with Crippen LogP contribution in [0.1, 0.15) is 471 Å². The molecule has 17 nitrogen and oxygen atoms in total. The molecule has 5 atom stereocenters. The van der Waals surface area contributed by atoms with Gasteiger partial charge in [-0.25, -0.2) is 9.13 Å². The van der Waals surface area contributed by atoms with Gasteiger partial charge in [0.05, 0.1) is 26.4 Å². The zero-order valence-electron chi connectivity index (χ0n) is 69.6. The van der Waals surface area contributed by atoms with Crippen molar-refractivity contribution < 1.29 is 80.2 Å². The maximum absolute atomic E-state index is 13.2. The molecule has 0 radical (unpaired) electrons. The lowest BCUT2D eigenvalue weighted by Crippen LogP contribution is -2.30. The van der Waals surface area contributed by atoms with E-state index in [1.807, 2.05) is 0 Å². The normalized spacial score (nSPS) is 13.7. The lowest BCUT2D eigenvalue weighted by atomic mass is 10.0. The van der Waals surface area contributed by atoms with Crippen LogP contribution in [0.2, 0.25) is 0 Å². The van der Waals surface area contributed by atoms with Crippen LogP contribution in [0.15, 0.2) is 0 Å². The van der Waals surface area contributed by atoms with Gasteiger partial charge in [-0.2, -0.15) is 0 Å². The Morgan fingerprint density at radius 1 is 0.255 bits per heavy atom. The fourth-order valence-corrected chi connectivity index (χ4v) is 15.2. The molecule has 0 bridgehead atoms. The van der Waals surface area contributed by atoms with E-state index in [0.717, 1.165) is 95.8 Å². The second-order valence-corrected chi connectivity index (χ2v) is 34.7. The number of phosphoric acid groups is 2. The topological polar surface area (TPSA) is 237 Å². The molecule has 0 aliphatic heterocycles. The van der Waals surface area contributed by atoms with Crippen LogP contribution >= 0.6 is 15.6 Å². The molecule has 630 valence electrons. The van der Waals surface area contributed by atoms with Gasteiger partial charge in [-0.05, 0) is 31.6 Å². The molecular weight excluding hydrogens is 1380 g/mol. The highest BCUT2D eigenvalue weighted by molar-refractivity contribution is 7.47. The summed E-state index contributed by atoms with van der Waals surface area (Å²) < 4.78 is 68.9. The van der Waals surface area contributed by atoms with E-state index >= 15 is 0 Å². The Bertz CT molecular complexity index is 2010. The van der Waals surface area contributed by atoms with E-state index in [9.17, 15) is 43.2 Å². The van der Waals surface area contributed by atoms with E-state index in [1.54, 1.807) is 0 Å². The summed E-state index contributed by atoms with van der Waals surface area (Å²) in [7, 11) is -9.93. The van der Waals surface area contributed by atoms with Crippen LogP contribution in [-0.2, 0) is 65.4 Å². The molecule has 0 spiro atoms. The molecule has 0 aromatic heterocycles. The van der Waals surface area contributed by atoms with Gasteiger partial charge in [0.25, 0.3) is 0 Å². The van der Waals surface area contributed by atoms with Gasteiger partial charge in [0, 0.05) is 25.7 Å². The molecule has 0 heterocycles. The number of hydrogen-bond donors (Lipinski definition) is 3. The zero-order valence-corrected chi connectivity index (χ0v) is 71.4. The number of unbranched alkanes of at least 4 members (excludes halogenated alkanes) is 59. The van der Waals surface area contributed by atoms with Gasteiger partial charge in [-0.15, -0.1) is 0 Å². The first kappa shape index (κ1) is 104. The summed E-state index contributed by atoms with van der Waals surface area (Å²) in [6.07, 6.45) is 73.5. The highest BCUT2D eigenvalue weighted by Crippen LogP contribution is 2.45. The number of carbonyl (C=O) groups is 4. The van der Waals surface area contributed by atoms with Crippen LogP contribution in [-0.4, -0.2) is 96.7 Å². The van der Waals surface area contributed by atoms with Gasteiger partial charge >= 0.3 is 39.5 Å². The van der Waals surface area contributed by atoms with Crippen LogP contribution in [0.5, 0.6) is 0 Å². The number of hydrogen-bond acceptors (Lipinski definition) is 15. The Morgan fingerprint density at radius 2 is 0.434 bits per heavy atom. The Balaban J connectivity index is 5.24. The number of ether oxygens (including phenoxy) is 4. The summed E-state index contributed by atoms with van der Waals surface area (Å²) >= 11 is 0. The lowest BCUT2D eigenvalue weighted by molar-refractivity contribution is -0.161. The average Bonchev–Trinajstić information content (AvgIpc) is 0.903. The molecule has 0 aliphatic rings. The molecule has 0 aromatic carbocycles. The predicted molar refractivity (Wildman–Crippen MR) is 437 cm³/mol. The SMILES string of the molecule is CCCCCCCCCCCCCCCCCCCCCC(=O)OC[C@H](COP(=O)(O)OC[C@@H](O)COP(=O)(O)OC[C@@H](COC(=O)CCCCCCCCCCCCC)OC(=O)CCCCCCCCCCCCCCCCC(C)C)OC(=O)CCCCCCCCCCCCCCCCCCCCC. The summed E-state index contributed by atoms with van der Waals surface area (Å²) in [4.78, 5) is 73.3. The summed E-state index contributed by atoms with van der Waals surface area (Å²) in [5.74, 6) is -1.30. The first-order chi connectivity index (χ1) is 51.5. The van der Waals surface area contributed by atoms with Crippen molar-refractivity contribution in [1.29, 1.82) is 0 Å². The number of rotatable bonds is 87. The van der Waals surface area contributed by atoms with Gasteiger partial charge in [0.15, 0.2) is 12.2 Å². The number of phosphoric ester groups is 2. The molecule has 19 heteroatoms. The zero-order chi connectivity index (χ0) is 77.6. The summed E-state index contributed by atoms with van der Waals surface area (Å²) in [5, 5.41) is 10.7. The highest BCUT2D eigenvalue weighted by atomic mass is 31.2. The van der Waals surface area contributed by atoms with Crippen LogP contribution < -0.4 is 0 Å². The molecule has 2 unspecified atom stereocenters. The van der Waals surface area contributed by atoms with Crippen LogP contribution in [0.25, 0.3) is 0 Å². The molecule has 106 heavy (non-hydrogen) atoms. The van der Waals surface area contributed by atoms with Crippen molar-refractivity contribution in [3.8, 4) is 0 Å². The smallest absolute Gasteiger partial charge is 0.462 e. The van der Waals surface area contributed by atoms with Gasteiger partial charge < -0.3 is 33.8 Å². The van der Waals surface area contributed by atoms with E-state index in [4.69, 9.17) is 37.0 Å². The lowest BCUT2D eigenvalue weighted by Gasteiger charge is -2.21. The van der Waals surface area contributed by atoms with Crippen molar-refractivity contribution in [2.75, 3.05) is 39.6 Å². The van der Waals surface area contributed by atoms with Crippen molar-refractivity contribution >= 4 is 39.5 Å². The largest absolute Gasteiger partial charge is 0.472 e. The monoisotopic (exact) mass is 1550 g/mol. The minimum atomic E-state index is -4.97.